The van der Waals surface area contributed by atoms with Crippen LogP contribution in [0.25, 0.3) is 10.9 Å². The van der Waals surface area contributed by atoms with Crippen molar-refractivity contribution in [1.29, 1.82) is 0 Å². The van der Waals surface area contributed by atoms with Crippen molar-refractivity contribution >= 4 is 45.8 Å². The quantitative estimate of drug-likeness (QED) is 0.765. The Morgan fingerprint density at radius 3 is 2.76 bits per heavy atom. The van der Waals surface area contributed by atoms with Crippen LogP contribution in [0.3, 0.4) is 0 Å². The number of fused-ring (bicyclic) bond motifs is 1. The zero-order valence-corrected chi connectivity index (χ0v) is 12.4. The maximum atomic E-state index is 12.1. The molecule has 2 aromatic carbocycles. The molecule has 0 bridgehead atoms. The first kappa shape index (κ1) is 13.9. The highest BCUT2D eigenvalue weighted by atomic mass is 35.5. The van der Waals surface area contributed by atoms with Crippen LogP contribution in [0.2, 0.25) is 10.0 Å². The highest BCUT2D eigenvalue weighted by Crippen LogP contribution is 2.23. The molecule has 0 fully saturated rings. The number of hydrogen-bond donors (Lipinski definition) is 2. The summed E-state index contributed by atoms with van der Waals surface area (Å²) in [4.78, 5) is 12.1. The van der Waals surface area contributed by atoms with E-state index in [2.05, 4.69) is 15.5 Å². The molecule has 0 unspecified atom stereocenters. The molecule has 0 atom stereocenters. The van der Waals surface area contributed by atoms with Crippen LogP contribution in [-0.2, 0) is 11.2 Å². The number of para-hydroxylation sites is 1. The van der Waals surface area contributed by atoms with Gasteiger partial charge >= 0.3 is 0 Å². The normalized spacial score (nSPS) is 10.8. The number of H-pyrrole nitrogens is 1. The van der Waals surface area contributed by atoms with Crippen molar-refractivity contribution < 1.29 is 4.79 Å². The molecule has 1 amide bonds. The van der Waals surface area contributed by atoms with Crippen LogP contribution in [0, 0.1) is 0 Å². The Morgan fingerprint density at radius 1 is 1.14 bits per heavy atom. The average molecular weight is 320 g/mol. The lowest BCUT2D eigenvalue weighted by Crippen LogP contribution is -2.14. The summed E-state index contributed by atoms with van der Waals surface area (Å²) in [6, 6.07) is 12.7. The summed E-state index contributed by atoms with van der Waals surface area (Å²) < 4.78 is 0. The number of aromatic nitrogens is 2. The second-order valence-electron chi connectivity index (χ2n) is 4.59. The topological polar surface area (TPSA) is 57.8 Å². The zero-order valence-electron chi connectivity index (χ0n) is 10.9. The molecule has 6 heteroatoms. The Morgan fingerprint density at radius 2 is 1.95 bits per heavy atom. The van der Waals surface area contributed by atoms with Gasteiger partial charge in [0.15, 0.2) is 5.82 Å². The summed E-state index contributed by atoms with van der Waals surface area (Å²) in [5.74, 6) is 0.362. The molecule has 0 spiro atoms. The summed E-state index contributed by atoms with van der Waals surface area (Å²) in [7, 11) is 0. The van der Waals surface area contributed by atoms with Gasteiger partial charge in [-0.2, -0.15) is 5.10 Å². The summed E-state index contributed by atoms with van der Waals surface area (Å²) in [5, 5.41) is 11.5. The highest BCUT2D eigenvalue weighted by Gasteiger charge is 2.10. The van der Waals surface area contributed by atoms with Crippen LogP contribution in [0.5, 0.6) is 0 Å². The van der Waals surface area contributed by atoms with Crippen LogP contribution in [0.1, 0.15) is 5.56 Å². The van der Waals surface area contributed by atoms with E-state index in [1.807, 2.05) is 24.3 Å². The minimum Gasteiger partial charge on any atom is -0.308 e. The number of halogens is 2. The van der Waals surface area contributed by atoms with Crippen LogP contribution < -0.4 is 5.32 Å². The second-order valence-corrected chi connectivity index (χ2v) is 5.41. The van der Waals surface area contributed by atoms with E-state index in [-0.39, 0.29) is 12.3 Å². The lowest BCUT2D eigenvalue weighted by molar-refractivity contribution is -0.115. The molecular formula is C15H11Cl2N3O. The third kappa shape index (κ3) is 3.01. The van der Waals surface area contributed by atoms with Gasteiger partial charge in [-0.25, -0.2) is 0 Å². The average Bonchev–Trinajstić information content (AvgIpc) is 2.86. The van der Waals surface area contributed by atoms with E-state index in [9.17, 15) is 4.79 Å². The van der Waals surface area contributed by atoms with Crippen molar-refractivity contribution in [3.63, 3.8) is 0 Å². The molecular weight excluding hydrogens is 309 g/mol. The number of nitrogens with zero attached hydrogens (tertiary/aromatic N) is 1. The third-order valence-corrected chi connectivity index (χ3v) is 3.82. The van der Waals surface area contributed by atoms with Crippen molar-refractivity contribution in [2.45, 2.75) is 6.42 Å². The number of rotatable bonds is 3. The molecule has 0 radical (unpaired) electrons. The number of carbonyl (C=O) groups excluding carboxylic acids is 1. The first-order valence-electron chi connectivity index (χ1n) is 6.30. The largest absolute Gasteiger partial charge is 0.308 e. The number of anilines is 1. The van der Waals surface area contributed by atoms with Gasteiger partial charge in [0.1, 0.15) is 0 Å². The van der Waals surface area contributed by atoms with E-state index in [0.29, 0.717) is 15.9 Å². The Hall–Kier alpha value is -2.04. The summed E-state index contributed by atoms with van der Waals surface area (Å²) in [5.41, 5.74) is 1.67. The summed E-state index contributed by atoms with van der Waals surface area (Å²) in [6.45, 7) is 0. The van der Waals surface area contributed by atoms with Crippen LogP contribution in [0.15, 0.2) is 42.5 Å². The van der Waals surface area contributed by atoms with Crippen LogP contribution in [0.4, 0.5) is 5.82 Å². The third-order valence-electron chi connectivity index (χ3n) is 3.08. The molecule has 3 rings (SSSR count). The smallest absolute Gasteiger partial charge is 0.230 e. The minimum absolute atomic E-state index is 0.161. The zero-order chi connectivity index (χ0) is 14.8. The number of nitrogens with one attached hydrogen (secondary N) is 2. The summed E-state index contributed by atoms with van der Waals surface area (Å²) >= 11 is 11.8. The van der Waals surface area contributed by atoms with E-state index in [1.165, 1.54) is 0 Å². The molecule has 0 saturated heterocycles. The fraction of sp³-hybridized carbons (Fsp3) is 0.0667. The second kappa shape index (κ2) is 5.76. The van der Waals surface area contributed by atoms with Gasteiger partial charge in [0.25, 0.3) is 0 Å². The molecule has 1 heterocycles. The number of carbonyl (C=O) groups is 1. The van der Waals surface area contributed by atoms with Gasteiger partial charge < -0.3 is 5.32 Å². The van der Waals surface area contributed by atoms with E-state index >= 15 is 0 Å². The van der Waals surface area contributed by atoms with Crippen molar-refractivity contribution in [3.8, 4) is 0 Å². The van der Waals surface area contributed by atoms with Gasteiger partial charge in [-0.1, -0.05) is 41.4 Å². The molecule has 0 aliphatic carbocycles. The predicted molar refractivity (Wildman–Crippen MR) is 84.9 cm³/mol. The van der Waals surface area contributed by atoms with Gasteiger partial charge in [0.05, 0.1) is 22.0 Å². The van der Waals surface area contributed by atoms with Gasteiger partial charge in [-0.15, -0.1) is 0 Å². The van der Waals surface area contributed by atoms with Crippen LogP contribution >= 0.6 is 23.2 Å². The molecule has 106 valence electrons. The lowest BCUT2D eigenvalue weighted by atomic mass is 10.1. The fourth-order valence-electron chi connectivity index (χ4n) is 2.07. The highest BCUT2D eigenvalue weighted by molar-refractivity contribution is 6.42. The van der Waals surface area contributed by atoms with Crippen molar-refractivity contribution in [2.75, 3.05) is 5.32 Å². The first-order valence-corrected chi connectivity index (χ1v) is 7.06. The monoisotopic (exact) mass is 319 g/mol. The SMILES string of the molecule is O=C(Cc1ccc(Cl)c(Cl)c1)Nc1n[nH]c2ccccc12. The van der Waals surface area contributed by atoms with Crippen molar-refractivity contribution in [1.82, 2.24) is 10.2 Å². The Kier molecular flexibility index (Phi) is 3.82. The number of aromatic amines is 1. The van der Waals surface area contributed by atoms with E-state index < -0.39 is 0 Å². The van der Waals surface area contributed by atoms with Crippen molar-refractivity contribution in [2.24, 2.45) is 0 Å². The minimum atomic E-state index is -0.161. The van der Waals surface area contributed by atoms with Crippen LogP contribution in [-0.4, -0.2) is 16.1 Å². The standard InChI is InChI=1S/C15H11Cl2N3O/c16-11-6-5-9(7-12(11)17)8-14(21)18-15-10-3-1-2-4-13(10)19-20-15/h1-7H,8H2,(H2,18,19,20,21). The molecule has 4 nitrogen and oxygen atoms in total. The predicted octanol–water partition coefficient (Wildman–Crippen LogP) is 4.05. The lowest BCUT2D eigenvalue weighted by Gasteiger charge is -2.04. The van der Waals surface area contributed by atoms with Gasteiger partial charge in [0, 0.05) is 5.39 Å². The van der Waals surface area contributed by atoms with Gasteiger partial charge in [-0.3, -0.25) is 9.89 Å². The molecule has 21 heavy (non-hydrogen) atoms. The number of hydrogen-bond acceptors (Lipinski definition) is 2. The Labute approximate surface area is 131 Å². The molecule has 0 aliphatic rings. The molecule has 2 N–H and O–H groups in total. The van der Waals surface area contributed by atoms with Crippen molar-refractivity contribution in [3.05, 3.63) is 58.1 Å². The molecule has 1 aromatic heterocycles. The maximum Gasteiger partial charge on any atom is 0.230 e. The summed E-state index contributed by atoms with van der Waals surface area (Å²) in [6.07, 6.45) is 0.206. The maximum absolute atomic E-state index is 12.1. The van der Waals surface area contributed by atoms with E-state index in [1.54, 1.807) is 18.2 Å². The first-order chi connectivity index (χ1) is 10.1. The van der Waals surface area contributed by atoms with Gasteiger partial charge in [-0.05, 0) is 29.8 Å². The number of amides is 1. The fourth-order valence-corrected chi connectivity index (χ4v) is 2.39. The Bertz CT molecular complexity index is 814. The van der Waals surface area contributed by atoms with Gasteiger partial charge in [0.2, 0.25) is 5.91 Å². The molecule has 3 aromatic rings. The molecule has 0 aliphatic heterocycles. The van der Waals surface area contributed by atoms with E-state index in [0.717, 1.165) is 16.5 Å². The number of benzene rings is 2. The van der Waals surface area contributed by atoms with E-state index in [4.69, 9.17) is 23.2 Å². The molecule has 0 saturated carbocycles. The Balaban J connectivity index is 1.75.